The molecule has 0 spiro atoms. The van der Waals surface area contributed by atoms with Gasteiger partial charge in [0, 0.05) is 24.0 Å². The molecule has 0 aliphatic heterocycles. The quantitative estimate of drug-likeness (QED) is 0.420. The summed E-state index contributed by atoms with van der Waals surface area (Å²) in [6.45, 7) is 0. The van der Waals surface area contributed by atoms with E-state index in [0.29, 0.717) is 28.3 Å². The second-order valence-corrected chi connectivity index (χ2v) is 5.15. The van der Waals surface area contributed by atoms with E-state index in [0.717, 1.165) is 5.56 Å². The molecule has 2 aromatic carbocycles. The summed E-state index contributed by atoms with van der Waals surface area (Å²) in [5.41, 5.74) is 2.54. The molecule has 0 amide bonds. The van der Waals surface area contributed by atoms with Gasteiger partial charge in [-0.3, -0.25) is 4.98 Å². The van der Waals surface area contributed by atoms with E-state index < -0.39 is 5.97 Å². The van der Waals surface area contributed by atoms with Crippen molar-refractivity contribution in [2.75, 3.05) is 0 Å². The van der Waals surface area contributed by atoms with Crippen LogP contribution in [0.2, 0.25) is 0 Å². The van der Waals surface area contributed by atoms with Crippen LogP contribution in [0.4, 0.5) is 0 Å². The molecule has 5 heteroatoms. The molecule has 0 atom stereocenters. The van der Waals surface area contributed by atoms with E-state index in [2.05, 4.69) is 9.97 Å². The molecular formula is C19H12N2O3. The third-order valence-electron chi connectivity index (χ3n) is 3.49. The van der Waals surface area contributed by atoms with Crippen LogP contribution in [0, 0.1) is 0 Å². The van der Waals surface area contributed by atoms with Gasteiger partial charge in [-0.05, 0) is 36.4 Å². The Bertz CT molecular complexity index is 995. The first kappa shape index (κ1) is 14.1. The van der Waals surface area contributed by atoms with Gasteiger partial charge in [-0.15, -0.1) is 0 Å². The Kier molecular flexibility index (Phi) is 3.51. The molecule has 0 bridgehead atoms. The Morgan fingerprint density at radius 3 is 2.67 bits per heavy atom. The third-order valence-corrected chi connectivity index (χ3v) is 3.49. The van der Waals surface area contributed by atoms with Crippen LogP contribution in [0.5, 0.6) is 5.75 Å². The van der Waals surface area contributed by atoms with E-state index in [4.69, 9.17) is 9.15 Å². The van der Waals surface area contributed by atoms with Crippen molar-refractivity contribution in [2.45, 2.75) is 0 Å². The first-order chi connectivity index (χ1) is 11.8. The lowest BCUT2D eigenvalue weighted by Crippen LogP contribution is -2.08. The molecule has 0 radical (unpaired) electrons. The molecule has 0 unspecified atom stereocenters. The van der Waals surface area contributed by atoms with E-state index in [-0.39, 0.29) is 0 Å². The highest BCUT2D eigenvalue weighted by Crippen LogP contribution is 2.27. The summed E-state index contributed by atoms with van der Waals surface area (Å²) in [5.74, 6) is 0.457. The molecule has 4 rings (SSSR count). The first-order valence-electron chi connectivity index (χ1n) is 7.38. The van der Waals surface area contributed by atoms with Gasteiger partial charge in [-0.1, -0.05) is 18.2 Å². The molecule has 0 aliphatic rings. The maximum absolute atomic E-state index is 12.1. The number of aromatic nitrogens is 2. The summed E-state index contributed by atoms with van der Waals surface area (Å²) in [5, 5.41) is 0. The fraction of sp³-hybridized carbons (Fsp3) is 0. The number of esters is 1. The lowest BCUT2D eigenvalue weighted by molar-refractivity contribution is 0.0734. The lowest BCUT2D eigenvalue weighted by Gasteiger charge is -2.03. The number of nitrogens with zero attached hydrogens (tertiary/aromatic N) is 2. The molecule has 0 saturated heterocycles. The van der Waals surface area contributed by atoms with Crippen LogP contribution >= 0.6 is 0 Å². The number of pyridine rings is 1. The van der Waals surface area contributed by atoms with Gasteiger partial charge in [0.15, 0.2) is 5.58 Å². The average Bonchev–Trinajstić information content (AvgIpc) is 3.06. The van der Waals surface area contributed by atoms with E-state index in [1.807, 2.05) is 30.3 Å². The van der Waals surface area contributed by atoms with Crippen molar-refractivity contribution in [2.24, 2.45) is 0 Å². The van der Waals surface area contributed by atoms with Crippen molar-refractivity contribution in [3.63, 3.8) is 0 Å². The van der Waals surface area contributed by atoms with E-state index in [1.54, 1.807) is 36.5 Å². The van der Waals surface area contributed by atoms with Gasteiger partial charge in [-0.2, -0.15) is 0 Å². The van der Waals surface area contributed by atoms with Gasteiger partial charge >= 0.3 is 5.97 Å². The fourth-order valence-corrected chi connectivity index (χ4v) is 2.32. The van der Waals surface area contributed by atoms with Gasteiger partial charge in [0.1, 0.15) is 11.3 Å². The largest absolute Gasteiger partial charge is 0.436 e. The molecule has 4 aromatic rings. The van der Waals surface area contributed by atoms with Crippen LogP contribution in [0.25, 0.3) is 22.6 Å². The Morgan fingerprint density at radius 2 is 1.88 bits per heavy atom. The Balaban J connectivity index is 1.63. The molecule has 5 nitrogen and oxygen atoms in total. The van der Waals surface area contributed by atoms with Crippen molar-refractivity contribution in [3.8, 4) is 17.2 Å². The van der Waals surface area contributed by atoms with Crippen molar-refractivity contribution < 1.29 is 13.9 Å². The average molecular weight is 316 g/mol. The molecule has 116 valence electrons. The minimum atomic E-state index is -0.467. The number of fused-ring (bicyclic) bond motifs is 1. The zero-order valence-electron chi connectivity index (χ0n) is 12.5. The van der Waals surface area contributed by atoms with Crippen molar-refractivity contribution >= 4 is 17.1 Å². The monoisotopic (exact) mass is 316 g/mol. The van der Waals surface area contributed by atoms with E-state index >= 15 is 0 Å². The lowest BCUT2D eigenvalue weighted by atomic mass is 10.2. The standard InChI is InChI=1S/C19H12N2O3/c22-19(14-7-4-10-20-12-14)23-15-8-9-16-17(11-15)24-18(21-16)13-5-2-1-3-6-13/h1-12H. The zero-order valence-corrected chi connectivity index (χ0v) is 12.5. The van der Waals surface area contributed by atoms with Gasteiger partial charge in [0.05, 0.1) is 5.56 Å². The van der Waals surface area contributed by atoms with Crippen LogP contribution in [0.3, 0.4) is 0 Å². The Morgan fingerprint density at radius 1 is 1.00 bits per heavy atom. The summed E-state index contributed by atoms with van der Waals surface area (Å²) in [4.78, 5) is 20.4. The number of oxazole rings is 1. The highest BCUT2D eigenvalue weighted by Gasteiger charge is 2.12. The normalized spacial score (nSPS) is 10.7. The summed E-state index contributed by atoms with van der Waals surface area (Å²) < 4.78 is 11.1. The van der Waals surface area contributed by atoms with Crippen molar-refractivity contribution in [1.82, 2.24) is 9.97 Å². The van der Waals surface area contributed by atoms with Crippen LogP contribution < -0.4 is 4.74 Å². The molecule has 0 N–H and O–H groups in total. The number of hydrogen-bond donors (Lipinski definition) is 0. The van der Waals surface area contributed by atoms with E-state index in [1.165, 1.54) is 6.20 Å². The van der Waals surface area contributed by atoms with Gasteiger partial charge in [-0.25, -0.2) is 9.78 Å². The van der Waals surface area contributed by atoms with Gasteiger partial charge in [0.2, 0.25) is 5.89 Å². The molecule has 2 aromatic heterocycles. The number of carbonyl (C=O) groups is 1. The van der Waals surface area contributed by atoms with Gasteiger partial charge in [0.25, 0.3) is 0 Å². The molecule has 2 heterocycles. The summed E-state index contributed by atoms with van der Waals surface area (Å²) in [6, 6.07) is 18.1. The Labute approximate surface area is 137 Å². The van der Waals surface area contributed by atoms with Crippen molar-refractivity contribution in [1.29, 1.82) is 0 Å². The topological polar surface area (TPSA) is 65.2 Å². The number of ether oxygens (including phenoxy) is 1. The van der Waals surface area contributed by atoms with Gasteiger partial charge < -0.3 is 9.15 Å². The second-order valence-electron chi connectivity index (χ2n) is 5.15. The molecular weight excluding hydrogens is 304 g/mol. The highest BCUT2D eigenvalue weighted by atomic mass is 16.5. The number of hydrogen-bond acceptors (Lipinski definition) is 5. The SMILES string of the molecule is O=C(Oc1ccc2nc(-c3ccccc3)oc2c1)c1cccnc1. The zero-order chi connectivity index (χ0) is 16.4. The predicted molar refractivity (Wildman–Crippen MR) is 88.6 cm³/mol. The molecule has 24 heavy (non-hydrogen) atoms. The minimum Gasteiger partial charge on any atom is -0.436 e. The minimum absolute atomic E-state index is 0.389. The smallest absolute Gasteiger partial charge is 0.345 e. The summed E-state index contributed by atoms with van der Waals surface area (Å²) in [7, 11) is 0. The number of rotatable bonds is 3. The maximum atomic E-state index is 12.1. The number of carbonyl (C=O) groups excluding carboxylic acids is 1. The highest BCUT2D eigenvalue weighted by molar-refractivity contribution is 5.91. The first-order valence-corrected chi connectivity index (χ1v) is 7.38. The molecule has 0 aliphatic carbocycles. The summed E-state index contributed by atoms with van der Waals surface area (Å²) in [6.07, 6.45) is 3.06. The van der Waals surface area contributed by atoms with Crippen LogP contribution in [-0.4, -0.2) is 15.9 Å². The van der Waals surface area contributed by atoms with Crippen LogP contribution in [-0.2, 0) is 0 Å². The predicted octanol–water partition coefficient (Wildman–Crippen LogP) is 4.11. The summed E-state index contributed by atoms with van der Waals surface area (Å²) >= 11 is 0. The van der Waals surface area contributed by atoms with E-state index in [9.17, 15) is 4.79 Å². The van der Waals surface area contributed by atoms with Crippen LogP contribution in [0.1, 0.15) is 10.4 Å². The maximum Gasteiger partial charge on any atom is 0.345 e. The third kappa shape index (κ3) is 2.75. The Hall–Kier alpha value is -3.47. The molecule has 0 fully saturated rings. The van der Waals surface area contributed by atoms with Crippen molar-refractivity contribution in [3.05, 3.63) is 78.6 Å². The number of benzene rings is 2. The van der Waals surface area contributed by atoms with Crippen LogP contribution in [0.15, 0.2) is 77.5 Å². The molecule has 0 saturated carbocycles. The fourth-order valence-electron chi connectivity index (χ4n) is 2.32. The second kappa shape index (κ2) is 5.96.